The lowest BCUT2D eigenvalue weighted by Gasteiger charge is -2.20. The van der Waals surface area contributed by atoms with E-state index in [1.807, 2.05) is 0 Å². The van der Waals surface area contributed by atoms with Crippen LogP contribution in [-0.2, 0) is 0 Å². The van der Waals surface area contributed by atoms with E-state index in [4.69, 9.17) is 4.42 Å². The van der Waals surface area contributed by atoms with Gasteiger partial charge in [-0.2, -0.15) is 0 Å². The van der Waals surface area contributed by atoms with Crippen molar-refractivity contribution in [2.75, 3.05) is 18.0 Å². The number of aromatic nitrogens is 1. The summed E-state index contributed by atoms with van der Waals surface area (Å²) in [7, 11) is 0. The molecular weight excluding hydrogens is 176 g/mol. The Hall–Kier alpha value is -0.990. The fourth-order valence-electron chi connectivity index (χ4n) is 1.40. The summed E-state index contributed by atoms with van der Waals surface area (Å²) in [5.41, 5.74) is 0. The summed E-state index contributed by atoms with van der Waals surface area (Å²) in [6.07, 6.45) is 8.16. The molecule has 0 aliphatic heterocycles. The van der Waals surface area contributed by atoms with Crippen LogP contribution in [0.3, 0.4) is 0 Å². The molecule has 1 aromatic heterocycles. The molecule has 0 amide bonds. The van der Waals surface area contributed by atoms with Crippen molar-refractivity contribution in [1.29, 1.82) is 0 Å². The summed E-state index contributed by atoms with van der Waals surface area (Å²) in [6.45, 7) is 6.56. The Kier molecular flexibility index (Phi) is 5.12. The number of rotatable bonds is 7. The van der Waals surface area contributed by atoms with Gasteiger partial charge in [-0.15, -0.1) is 0 Å². The van der Waals surface area contributed by atoms with Crippen LogP contribution in [0, 0.1) is 0 Å². The highest BCUT2D eigenvalue weighted by atomic mass is 16.4. The monoisotopic (exact) mass is 196 g/mol. The first-order chi connectivity index (χ1) is 6.88. The van der Waals surface area contributed by atoms with Crippen molar-refractivity contribution in [3.63, 3.8) is 0 Å². The molecule has 0 saturated heterocycles. The molecule has 0 aliphatic carbocycles. The topological polar surface area (TPSA) is 29.3 Å². The van der Waals surface area contributed by atoms with E-state index in [0.29, 0.717) is 0 Å². The van der Waals surface area contributed by atoms with Crippen LogP contribution in [-0.4, -0.2) is 18.1 Å². The Labute approximate surface area is 86.1 Å². The van der Waals surface area contributed by atoms with Crippen LogP contribution in [0.5, 0.6) is 0 Å². The Morgan fingerprint density at radius 2 is 1.86 bits per heavy atom. The zero-order chi connectivity index (χ0) is 10.2. The van der Waals surface area contributed by atoms with Crippen LogP contribution >= 0.6 is 0 Å². The van der Waals surface area contributed by atoms with Crippen molar-refractivity contribution >= 4 is 5.88 Å². The van der Waals surface area contributed by atoms with Gasteiger partial charge >= 0.3 is 0 Å². The van der Waals surface area contributed by atoms with Gasteiger partial charge in [0, 0.05) is 13.1 Å². The number of anilines is 1. The molecule has 0 N–H and O–H groups in total. The number of hydrogen-bond acceptors (Lipinski definition) is 3. The number of nitrogens with zero attached hydrogens (tertiary/aromatic N) is 2. The van der Waals surface area contributed by atoms with Gasteiger partial charge in [0.1, 0.15) is 0 Å². The maximum atomic E-state index is 5.30. The van der Waals surface area contributed by atoms with Crippen molar-refractivity contribution in [2.45, 2.75) is 39.5 Å². The first-order valence-corrected chi connectivity index (χ1v) is 5.52. The molecule has 0 bridgehead atoms. The molecule has 3 nitrogen and oxygen atoms in total. The fraction of sp³-hybridized carbons (Fsp3) is 0.727. The molecule has 0 saturated carbocycles. The number of hydrogen-bond donors (Lipinski definition) is 0. The summed E-state index contributed by atoms with van der Waals surface area (Å²) >= 11 is 0. The Morgan fingerprint density at radius 1 is 1.21 bits per heavy atom. The average Bonchev–Trinajstić information content (AvgIpc) is 2.71. The number of oxazole rings is 1. The summed E-state index contributed by atoms with van der Waals surface area (Å²) < 4.78 is 5.30. The lowest BCUT2D eigenvalue weighted by atomic mass is 10.3. The second-order valence-electron chi connectivity index (χ2n) is 3.53. The Morgan fingerprint density at radius 3 is 2.29 bits per heavy atom. The minimum Gasteiger partial charge on any atom is -0.428 e. The van der Waals surface area contributed by atoms with Crippen molar-refractivity contribution < 1.29 is 4.42 Å². The van der Waals surface area contributed by atoms with Gasteiger partial charge in [-0.1, -0.05) is 26.7 Å². The van der Waals surface area contributed by atoms with E-state index in [9.17, 15) is 0 Å². The van der Waals surface area contributed by atoms with Crippen LogP contribution in [0.2, 0.25) is 0 Å². The van der Waals surface area contributed by atoms with E-state index in [1.165, 1.54) is 32.1 Å². The molecule has 80 valence electrons. The van der Waals surface area contributed by atoms with Gasteiger partial charge in [-0.05, 0) is 12.8 Å². The molecule has 14 heavy (non-hydrogen) atoms. The predicted molar refractivity (Wildman–Crippen MR) is 58.5 cm³/mol. The lowest BCUT2D eigenvalue weighted by molar-refractivity contribution is 0.526. The largest absolute Gasteiger partial charge is 0.428 e. The van der Waals surface area contributed by atoms with Gasteiger partial charge in [-0.25, -0.2) is 4.98 Å². The molecule has 0 aromatic carbocycles. The van der Waals surface area contributed by atoms with E-state index < -0.39 is 0 Å². The molecule has 0 unspecified atom stereocenters. The van der Waals surface area contributed by atoms with Crippen LogP contribution in [0.4, 0.5) is 5.88 Å². The molecule has 3 heteroatoms. The molecule has 0 radical (unpaired) electrons. The second-order valence-corrected chi connectivity index (χ2v) is 3.53. The third kappa shape index (κ3) is 3.40. The molecule has 0 fully saturated rings. The molecule has 0 atom stereocenters. The highest BCUT2D eigenvalue weighted by molar-refractivity contribution is 5.30. The van der Waals surface area contributed by atoms with Crippen molar-refractivity contribution in [3.05, 3.63) is 12.6 Å². The van der Waals surface area contributed by atoms with Gasteiger partial charge in [0.25, 0.3) is 0 Å². The standard InChI is InChI=1S/C11H20N2O/c1-3-5-7-13(8-6-4-2)11-9-12-10-14-11/h9-10H,3-8H2,1-2H3. The van der Waals surface area contributed by atoms with E-state index in [0.717, 1.165) is 19.0 Å². The Balaban J connectivity index is 2.44. The first kappa shape index (κ1) is 11.1. The lowest BCUT2D eigenvalue weighted by Crippen LogP contribution is -2.25. The summed E-state index contributed by atoms with van der Waals surface area (Å²) in [5.74, 6) is 0.909. The summed E-state index contributed by atoms with van der Waals surface area (Å²) in [5, 5.41) is 0. The maximum absolute atomic E-state index is 5.30. The van der Waals surface area contributed by atoms with Crippen molar-refractivity contribution in [2.24, 2.45) is 0 Å². The minimum atomic E-state index is 0.909. The van der Waals surface area contributed by atoms with Gasteiger partial charge in [0.05, 0.1) is 6.20 Å². The van der Waals surface area contributed by atoms with Crippen LogP contribution in [0.15, 0.2) is 17.0 Å². The quantitative estimate of drug-likeness (QED) is 0.671. The molecular formula is C11H20N2O. The van der Waals surface area contributed by atoms with Gasteiger partial charge in [0.15, 0.2) is 6.39 Å². The average molecular weight is 196 g/mol. The van der Waals surface area contributed by atoms with Crippen LogP contribution in [0.25, 0.3) is 0 Å². The summed E-state index contributed by atoms with van der Waals surface area (Å²) in [4.78, 5) is 6.23. The highest BCUT2D eigenvalue weighted by Gasteiger charge is 2.07. The van der Waals surface area contributed by atoms with E-state index in [2.05, 4.69) is 23.7 Å². The molecule has 0 spiro atoms. The van der Waals surface area contributed by atoms with Crippen LogP contribution in [0.1, 0.15) is 39.5 Å². The molecule has 1 rings (SSSR count). The van der Waals surface area contributed by atoms with Gasteiger partial charge in [-0.3, -0.25) is 0 Å². The van der Waals surface area contributed by atoms with Crippen LogP contribution < -0.4 is 4.90 Å². The zero-order valence-electron chi connectivity index (χ0n) is 9.20. The zero-order valence-corrected chi connectivity index (χ0v) is 9.20. The van der Waals surface area contributed by atoms with Gasteiger partial charge < -0.3 is 9.32 Å². The molecule has 1 heterocycles. The smallest absolute Gasteiger partial charge is 0.215 e. The van der Waals surface area contributed by atoms with Gasteiger partial charge in [0.2, 0.25) is 5.88 Å². The van der Waals surface area contributed by atoms with Crippen molar-refractivity contribution in [3.8, 4) is 0 Å². The first-order valence-electron chi connectivity index (χ1n) is 5.52. The minimum absolute atomic E-state index is 0.909. The Bertz CT molecular complexity index is 213. The normalized spacial score (nSPS) is 10.4. The van der Waals surface area contributed by atoms with E-state index in [1.54, 1.807) is 6.20 Å². The highest BCUT2D eigenvalue weighted by Crippen LogP contribution is 2.14. The fourth-order valence-corrected chi connectivity index (χ4v) is 1.40. The third-order valence-corrected chi connectivity index (χ3v) is 2.29. The maximum Gasteiger partial charge on any atom is 0.215 e. The second kappa shape index (κ2) is 6.46. The SMILES string of the molecule is CCCCN(CCCC)c1cnco1. The number of unbranched alkanes of at least 4 members (excludes halogenated alkanes) is 2. The third-order valence-electron chi connectivity index (χ3n) is 2.29. The molecule has 0 aliphatic rings. The predicted octanol–water partition coefficient (Wildman–Crippen LogP) is 3.08. The van der Waals surface area contributed by atoms with E-state index in [-0.39, 0.29) is 0 Å². The summed E-state index contributed by atoms with van der Waals surface area (Å²) in [6, 6.07) is 0. The van der Waals surface area contributed by atoms with Crippen molar-refractivity contribution in [1.82, 2.24) is 4.98 Å². The molecule has 1 aromatic rings. The van der Waals surface area contributed by atoms with E-state index >= 15 is 0 Å².